The highest BCUT2D eigenvalue weighted by molar-refractivity contribution is 6.34. The molecule has 7 heteroatoms. The average molecular weight is 357 g/mol. The lowest BCUT2D eigenvalue weighted by Crippen LogP contribution is -2.03. The molecule has 0 aliphatic rings. The number of rotatable bonds is 8. The van der Waals surface area contributed by atoms with E-state index in [-0.39, 0.29) is 13.6 Å². The maximum atomic E-state index is 8.55. The predicted molar refractivity (Wildman–Crippen MR) is 89.8 cm³/mol. The monoisotopic (exact) mass is 356 g/mol. The molecule has 0 saturated carbocycles. The molecule has 0 saturated heterocycles. The quantitative estimate of drug-likeness (QED) is 0.569. The van der Waals surface area contributed by atoms with E-state index in [0.717, 1.165) is 36.0 Å². The van der Waals surface area contributed by atoms with Crippen molar-refractivity contribution in [2.45, 2.75) is 26.2 Å². The maximum Gasteiger partial charge on any atom is 0.191 e. The molecule has 0 fully saturated rings. The Morgan fingerprint density at radius 2 is 1.78 bits per heavy atom. The first-order chi connectivity index (χ1) is 11.2. The molecule has 0 spiro atoms. The van der Waals surface area contributed by atoms with E-state index in [9.17, 15) is 0 Å². The maximum absolute atomic E-state index is 8.55. The zero-order valence-corrected chi connectivity index (χ0v) is 14.3. The lowest BCUT2D eigenvalue weighted by atomic mass is 9.99. The van der Waals surface area contributed by atoms with Crippen molar-refractivity contribution in [2.75, 3.05) is 13.6 Å². The van der Waals surface area contributed by atoms with Crippen molar-refractivity contribution in [3.63, 3.8) is 0 Å². The van der Waals surface area contributed by atoms with Gasteiger partial charge in [0.25, 0.3) is 0 Å². The molecule has 1 aromatic carbocycles. The van der Waals surface area contributed by atoms with E-state index in [4.69, 9.17) is 37.8 Å². The predicted octanol–water partition coefficient (Wildman–Crippen LogP) is 4.10. The minimum atomic E-state index is -0.379. The number of ether oxygens (including phenoxy) is 2. The molecule has 1 heterocycles. The average Bonchev–Trinajstić information content (AvgIpc) is 2.56. The molecular weight excluding hydrogens is 339 g/mol. The Morgan fingerprint density at radius 3 is 2.43 bits per heavy atom. The molecule has 0 atom stereocenters. The summed E-state index contributed by atoms with van der Waals surface area (Å²) in [6.07, 6.45) is 2.84. The zero-order valence-electron chi connectivity index (χ0n) is 12.8. The third kappa shape index (κ3) is 4.78. The summed E-state index contributed by atoms with van der Waals surface area (Å²) in [7, 11) is 0. The smallest absolute Gasteiger partial charge is 0.191 e. The molecule has 0 aliphatic carbocycles. The van der Waals surface area contributed by atoms with Crippen LogP contribution in [-0.2, 0) is 11.2 Å². The van der Waals surface area contributed by atoms with Gasteiger partial charge < -0.3 is 14.6 Å². The Bertz CT molecular complexity index is 636. The number of aliphatic hydroxyl groups excluding tert-OH is 1. The third-order valence-corrected chi connectivity index (χ3v) is 3.87. The molecule has 0 aliphatic heterocycles. The van der Waals surface area contributed by atoms with Crippen molar-refractivity contribution in [2.24, 2.45) is 0 Å². The minimum absolute atomic E-state index is 0.0129. The normalized spacial score (nSPS) is 10.8. The van der Waals surface area contributed by atoms with Gasteiger partial charge in [-0.3, -0.25) is 0 Å². The van der Waals surface area contributed by atoms with Crippen LogP contribution in [0.5, 0.6) is 5.75 Å². The second kappa shape index (κ2) is 9.03. The molecule has 0 amide bonds. The van der Waals surface area contributed by atoms with Crippen LogP contribution in [0.2, 0.25) is 10.3 Å². The van der Waals surface area contributed by atoms with Gasteiger partial charge in [-0.1, -0.05) is 48.7 Å². The highest BCUT2D eigenvalue weighted by Crippen LogP contribution is 2.34. The summed E-state index contributed by atoms with van der Waals surface area (Å²) < 4.78 is 10.0. The molecule has 2 aromatic rings. The number of unbranched alkanes of at least 4 members (excludes halogenated alkanes) is 1. The van der Waals surface area contributed by atoms with E-state index in [1.807, 2.05) is 12.1 Å². The molecule has 0 unspecified atom stereocenters. The van der Waals surface area contributed by atoms with Crippen LogP contribution in [0.3, 0.4) is 0 Å². The van der Waals surface area contributed by atoms with Gasteiger partial charge in [-0.05, 0) is 30.5 Å². The Morgan fingerprint density at radius 1 is 1.09 bits per heavy atom. The van der Waals surface area contributed by atoms with E-state index < -0.39 is 0 Å². The highest BCUT2D eigenvalue weighted by atomic mass is 35.5. The fourth-order valence-electron chi connectivity index (χ4n) is 2.17. The van der Waals surface area contributed by atoms with Crippen molar-refractivity contribution in [1.29, 1.82) is 0 Å². The lowest BCUT2D eigenvalue weighted by molar-refractivity contribution is -0.0653. The summed E-state index contributed by atoms with van der Waals surface area (Å²) in [4.78, 5) is 0. The van der Waals surface area contributed by atoms with E-state index in [1.54, 1.807) is 12.1 Å². The van der Waals surface area contributed by atoms with Crippen LogP contribution >= 0.6 is 23.2 Å². The summed E-state index contributed by atoms with van der Waals surface area (Å²) in [5.74, 6) is 0.626. The number of halogens is 2. The third-order valence-electron chi connectivity index (χ3n) is 3.31. The molecule has 0 bridgehead atoms. The summed E-state index contributed by atoms with van der Waals surface area (Å²) in [5.41, 5.74) is 2.61. The van der Waals surface area contributed by atoms with Crippen LogP contribution in [0.4, 0.5) is 0 Å². The van der Waals surface area contributed by atoms with Crippen molar-refractivity contribution in [3.05, 3.63) is 40.1 Å². The number of nitrogens with zero attached hydrogens (tertiary/aromatic N) is 2. The number of hydrogen-bond donors (Lipinski definition) is 1. The van der Waals surface area contributed by atoms with Crippen LogP contribution in [0.15, 0.2) is 24.3 Å². The van der Waals surface area contributed by atoms with E-state index in [0.29, 0.717) is 16.1 Å². The molecule has 5 nitrogen and oxygen atoms in total. The molecule has 1 N–H and O–H groups in total. The molecule has 1 aromatic heterocycles. The van der Waals surface area contributed by atoms with Gasteiger partial charge in [0.1, 0.15) is 12.5 Å². The van der Waals surface area contributed by atoms with Gasteiger partial charge in [-0.25, -0.2) is 0 Å². The van der Waals surface area contributed by atoms with E-state index >= 15 is 0 Å². The number of benzene rings is 1. The van der Waals surface area contributed by atoms with Gasteiger partial charge in [0, 0.05) is 11.1 Å². The van der Waals surface area contributed by atoms with Crippen molar-refractivity contribution in [1.82, 2.24) is 10.2 Å². The summed E-state index contributed by atoms with van der Waals surface area (Å²) >= 11 is 12.5. The molecule has 23 heavy (non-hydrogen) atoms. The van der Waals surface area contributed by atoms with Crippen LogP contribution < -0.4 is 4.74 Å². The summed E-state index contributed by atoms with van der Waals surface area (Å²) in [6.45, 7) is 1.72. The van der Waals surface area contributed by atoms with Crippen LogP contribution in [0, 0.1) is 0 Å². The SMILES string of the molecule is CCCCc1c(Cl)nnc(Cl)c1-c1ccc(OCOCO)cc1. The summed E-state index contributed by atoms with van der Waals surface area (Å²) in [5, 5.41) is 17.1. The Kier molecular flexibility index (Phi) is 7.05. The number of aromatic nitrogens is 2. The topological polar surface area (TPSA) is 64.5 Å². The van der Waals surface area contributed by atoms with Gasteiger partial charge in [0.2, 0.25) is 0 Å². The number of hydrogen-bond acceptors (Lipinski definition) is 5. The Hall–Kier alpha value is -1.40. The fourth-order valence-corrected chi connectivity index (χ4v) is 2.65. The first kappa shape index (κ1) is 17.9. The molecule has 0 radical (unpaired) electrons. The van der Waals surface area contributed by atoms with Gasteiger partial charge in [0.15, 0.2) is 17.1 Å². The van der Waals surface area contributed by atoms with Crippen molar-refractivity contribution >= 4 is 23.2 Å². The van der Waals surface area contributed by atoms with Gasteiger partial charge in [-0.15, -0.1) is 10.2 Å². The second-order valence-corrected chi connectivity index (χ2v) is 5.57. The van der Waals surface area contributed by atoms with Gasteiger partial charge in [-0.2, -0.15) is 0 Å². The highest BCUT2D eigenvalue weighted by Gasteiger charge is 2.15. The minimum Gasteiger partial charge on any atom is -0.467 e. The van der Waals surface area contributed by atoms with E-state index in [1.165, 1.54) is 0 Å². The van der Waals surface area contributed by atoms with Gasteiger partial charge in [0.05, 0.1) is 0 Å². The zero-order chi connectivity index (χ0) is 16.7. The second-order valence-electron chi connectivity index (χ2n) is 4.86. The molecular formula is C16H18Cl2N2O3. The van der Waals surface area contributed by atoms with Crippen LogP contribution in [0.25, 0.3) is 11.1 Å². The van der Waals surface area contributed by atoms with Crippen LogP contribution in [0.1, 0.15) is 25.3 Å². The van der Waals surface area contributed by atoms with Crippen LogP contribution in [-0.4, -0.2) is 28.9 Å². The Labute approximate surface area is 145 Å². The number of aliphatic hydroxyl groups is 1. The summed E-state index contributed by atoms with van der Waals surface area (Å²) in [6, 6.07) is 7.35. The molecule has 124 valence electrons. The van der Waals surface area contributed by atoms with Crippen molar-refractivity contribution < 1.29 is 14.6 Å². The van der Waals surface area contributed by atoms with E-state index in [2.05, 4.69) is 17.1 Å². The first-order valence-electron chi connectivity index (χ1n) is 7.29. The molecule has 2 rings (SSSR count). The Balaban J connectivity index is 2.28. The first-order valence-corrected chi connectivity index (χ1v) is 8.05. The van der Waals surface area contributed by atoms with Crippen molar-refractivity contribution in [3.8, 4) is 16.9 Å². The fraction of sp³-hybridized carbons (Fsp3) is 0.375. The largest absolute Gasteiger partial charge is 0.467 e. The lowest BCUT2D eigenvalue weighted by Gasteiger charge is -2.12. The standard InChI is InChI=1S/C16H18Cl2N2O3/c1-2-3-4-13-14(16(18)20-19-15(13)17)11-5-7-12(8-6-11)23-10-22-9-21/h5-8,21H,2-4,9-10H2,1H3. The van der Waals surface area contributed by atoms with Gasteiger partial charge >= 0.3 is 0 Å².